The van der Waals surface area contributed by atoms with Gasteiger partial charge in [-0.15, -0.1) is 0 Å². The fourth-order valence-corrected chi connectivity index (χ4v) is 2.93. The van der Waals surface area contributed by atoms with Crippen LogP contribution in [0.4, 0.5) is 5.69 Å². The zero-order valence-electron chi connectivity index (χ0n) is 12.7. The first-order chi connectivity index (χ1) is 10.6. The van der Waals surface area contributed by atoms with Crippen LogP contribution in [0.2, 0.25) is 0 Å². The summed E-state index contributed by atoms with van der Waals surface area (Å²) < 4.78 is 0. The Kier molecular flexibility index (Phi) is 3.67. The van der Waals surface area contributed by atoms with E-state index in [1.165, 1.54) is 0 Å². The summed E-state index contributed by atoms with van der Waals surface area (Å²) in [6.45, 7) is 1.95. The number of hydrogen-bond acceptors (Lipinski definition) is 2. The summed E-state index contributed by atoms with van der Waals surface area (Å²) >= 11 is 0. The summed E-state index contributed by atoms with van der Waals surface area (Å²) in [5.41, 5.74) is 3.47. The monoisotopic (exact) mass is 294 g/mol. The van der Waals surface area contributed by atoms with Gasteiger partial charge >= 0.3 is 0 Å². The Morgan fingerprint density at radius 1 is 1.14 bits per heavy atom. The van der Waals surface area contributed by atoms with Crippen LogP contribution in [0.3, 0.4) is 0 Å². The van der Waals surface area contributed by atoms with Crippen molar-refractivity contribution in [3.63, 3.8) is 0 Å². The first-order valence-electron chi connectivity index (χ1n) is 7.31. The van der Waals surface area contributed by atoms with E-state index >= 15 is 0 Å². The van der Waals surface area contributed by atoms with Crippen molar-refractivity contribution in [2.24, 2.45) is 0 Å². The van der Waals surface area contributed by atoms with E-state index in [2.05, 4.69) is 5.32 Å². The summed E-state index contributed by atoms with van der Waals surface area (Å²) in [6.07, 6.45) is 0.549. The highest BCUT2D eigenvalue weighted by atomic mass is 16.2. The van der Waals surface area contributed by atoms with E-state index in [0.717, 1.165) is 16.8 Å². The van der Waals surface area contributed by atoms with Crippen molar-refractivity contribution in [3.05, 3.63) is 65.2 Å². The first-order valence-corrected chi connectivity index (χ1v) is 7.31. The average molecular weight is 294 g/mol. The molecule has 0 radical (unpaired) electrons. The number of nitrogens with one attached hydrogen (secondary N) is 1. The molecular weight excluding hydrogens is 276 g/mol. The number of hydrogen-bond donors (Lipinski definition) is 1. The Labute approximate surface area is 129 Å². The summed E-state index contributed by atoms with van der Waals surface area (Å²) in [6, 6.07) is 14.6. The van der Waals surface area contributed by atoms with Crippen LogP contribution in [0.5, 0.6) is 0 Å². The molecule has 3 rings (SSSR count). The number of rotatable bonds is 2. The number of nitrogens with zero attached hydrogens (tertiary/aromatic N) is 1. The van der Waals surface area contributed by atoms with Gasteiger partial charge in [0.25, 0.3) is 5.91 Å². The van der Waals surface area contributed by atoms with Crippen molar-refractivity contribution in [2.45, 2.75) is 19.4 Å². The Morgan fingerprint density at radius 3 is 2.64 bits per heavy atom. The van der Waals surface area contributed by atoms with Crippen LogP contribution in [0.25, 0.3) is 0 Å². The Hall–Kier alpha value is -2.62. The summed E-state index contributed by atoms with van der Waals surface area (Å²) in [5, 5.41) is 2.66. The molecule has 2 aromatic carbocycles. The third-order valence-corrected chi connectivity index (χ3v) is 4.01. The number of carbonyl (C=O) groups is 2. The van der Waals surface area contributed by atoms with Crippen molar-refractivity contribution in [3.8, 4) is 0 Å². The highest BCUT2D eigenvalue weighted by Crippen LogP contribution is 2.33. The normalized spacial score (nSPS) is 16.3. The maximum Gasteiger partial charge on any atom is 0.259 e. The number of para-hydroxylation sites is 1. The maximum absolute atomic E-state index is 12.9. The molecule has 2 amide bonds. The molecular formula is C18H18N2O2. The molecule has 1 aliphatic heterocycles. The van der Waals surface area contributed by atoms with Gasteiger partial charge in [-0.25, -0.2) is 0 Å². The van der Waals surface area contributed by atoms with Crippen molar-refractivity contribution >= 4 is 17.5 Å². The zero-order chi connectivity index (χ0) is 15.7. The van der Waals surface area contributed by atoms with E-state index in [1.54, 1.807) is 18.0 Å². The molecule has 0 saturated heterocycles. The molecule has 0 fully saturated rings. The average Bonchev–Trinajstić information content (AvgIpc) is 2.92. The minimum Gasteiger partial charge on any atom is -0.357 e. The van der Waals surface area contributed by atoms with Gasteiger partial charge in [-0.2, -0.15) is 0 Å². The second-order valence-corrected chi connectivity index (χ2v) is 5.51. The zero-order valence-corrected chi connectivity index (χ0v) is 12.7. The SMILES string of the molecule is CNC(=O)C1Cc2ccccc2N1C(=O)c1cccc(C)c1. The van der Waals surface area contributed by atoms with Gasteiger partial charge in [0.05, 0.1) is 0 Å². The predicted octanol–water partition coefficient (Wildman–Crippen LogP) is 2.31. The highest BCUT2D eigenvalue weighted by Gasteiger charge is 2.38. The fourth-order valence-electron chi connectivity index (χ4n) is 2.93. The van der Waals surface area contributed by atoms with Gasteiger partial charge < -0.3 is 5.32 Å². The number of aryl methyl sites for hydroxylation is 1. The van der Waals surface area contributed by atoms with Crippen molar-refractivity contribution < 1.29 is 9.59 Å². The summed E-state index contributed by atoms with van der Waals surface area (Å²) in [7, 11) is 1.60. The van der Waals surface area contributed by atoms with Gasteiger partial charge in [0.1, 0.15) is 6.04 Å². The number of anilines is 1. The molecule has 112 valence electrons. The summed E-state index contributed by atoms with van der Waals surface area (Å²) in [4.78, 5) is 26.7. The third-order valence-electron chi connectivity index (χ3n) is 4.01. The van der Waals surface area contributed by atoms with Crippen LogP contribution >= 0.6 is 0 Å². The largest absolute Gasteiger partial charge is 0.357 e. The van der Waals surface area contributed by atoms with Crippen LogP contribution < -0.4 is 10.2 Å². The topological polar surface area (TPSA) is 49.4 Å². The molecule has 1 atom stereocenters. The fraction of sp³-hybridized carbons (Fsp3) is 0.222. The van der Waals surface area contributed by atoms with E-state index in [4.69, 9.17) is 0 Å². The molecule has 1 heterocycles. The maximum atomic E-state index is 12.9. The van der Waals surface area contributed by atoms with Crippen molar-refractivity contribution in [2.75, 3.05) is 11.9 Å². The predicted molar refractivity (Wildman–Crippen MR) is 86.0 cm³/mol. The second-order valence-electron chi connectivity index (χ2n) is 5.51. The van der Waals surface area contributed by atoms with E-state index in [1.807, 2.05) is 49.4 Å². The van der Waals surface area contributed by atoms with Crippen LogP contribution in [0.1, 0.15) is 21.5 Å². The second kappa shape index (κ2) is 5.64. The lowest BCUT2D eigenvalue weighted by Crippen LogP contribution is -2.47. The van der Waals surface area contributed by atoms with Gasteiger partial charge in [-0.05, 0) is 30.7 Å². The van der Waals surface area contributed by atoms with Crippen LogP contribution in [-0.2, 0) is 11.2 Å². The quantitative estimate of drug-likeness (QED) is 0.924. The van der Waals surface area contributed by atoms with Crippen molar-refractivity contribution in [1.82, 2.24) is 5.32 Å². The smallest absolute Gasteiger partial charge is 0.259 e. The number of likely N-dealkylation sites (N-methyl/N-ethyl adjacent to an activating group) is 1. The number of fused-ring (bicyclic) bond motifs is 1. The van der Waals surface area contributed by atoms with Crippen LogP contribution in [0.15, 0.2) is 48.5 Å². The Balaban J connectivity index is 2.04. The minimum atomic E-state index is -0.490. The minimum absolute atomic E-state index is 0.137. The van der Waals surface area contributed by atoms with Gasteiger partial charge in [0, 0.05) is 24.7 Å². The molecule has 0 bridgehead atoms. The third kappa shape index (κ3) is 2.37. The van der Waals surface area contributed by atoms with E-state index in [0.29, 0.717) is 12.0 Å². The van der Waals surface area contributed by atoms with E-state index in [9.17, 15) is 9.59 Å². The van der Waals surface area contributed by atoms with Gasteiger partial charge in [-0.1, -0.05) is 35.9 Å². The molecule has 0 aromatic heterocycles. The molecule has 0 spiro atoms. The lowest BCUT2D eigenvalue weighted by Gasteiger charge is -2.24. The number of amides is 2. The molecule has 4 nitrogen and oxygen atoms in total. The first kappa shape index (κ1) is 14.3. The molecule has 0 saturated carbocycles. The molecule has 2 aromatic rings. The Bertz CT molecular complexity index is 739. The van der Waals surface area contributed by atoms with Crippen LogP contribution in [-0.4, -0.2) is 24.9 Å². The molecule has 1 N–H and O–H groups in total. The molecule has 1 unspecified atom stereocenters. The van der Waals surface area contributed by atoms with E-state index in [-0.39, 0.29) is 11.8 Å². The van der Waals surface area contributed by atoms with Gasteiger partial charge in [-0.3, -0.25) is 14.5 Å². The summed E-state index contributed by atoms with van der Waals surface area (Å²) in [5.74, 6) is -0.278. The van der Waals surface area contributed by atoms with Gasteiger partial charge in [0.15, 0.2) is 0 Å². The van der Waals surface area contributed by atoms with Crippen molar-refractivity contribution in [1.29, 1.82) is 0 Å². The molecule has 22 heavy (non-hydrogen) atoms. The van der Waals surface area contributed by atoms with Crippen LogP contribution in [0, 0.1) is 6.92 Å². The lowest BCUT2D eigenvalue weighted by atomic mass is 10.1. The number of benzene rings is 2. The van der Waals surface area contributed by atoms with Gasteiger partial charge in [0.2, 0.25) is 5.91 Å². The molecule has 4 heteroatoms. The lowest BCUT2D eigenvalue weighted by molar-refractivity contribution is -0.121. The number of carbonyl (C=O) groups excluding carboxylic acids is 2. The highest BCUT2D eigenvalue weighted by molar-refractivity contribution is 6.11. The standard InChI is InChI=1S/C18H18N2O2/c1-12-6-5-8-14(10-12)18(22)20-15-9-4-3-7-13(15)11-16(20)17(21)19-2/h3-10,16H,11H2,1-2H3,(H,19,21). The molecule has 1 aliphatic rings. The Morgan fingerprint density at radius 2 is 1.91 bits per heavy atom. The van der Waals surface area contributed by atoms with E-state index < -0.39 is 6.04 Å². The molecule has 0 aliphatic carbocycles.